The van der Waals surface area contributed by atoms with Crippen LogP contribution in [0.3, 0.4) is 0 Å². The predicted molar refractivity (Wildman–Crippen MR) is 113 cm³/mol. The molecule has 2 atom stereocenters. The molecule has 0 spiro atoms. The Morgan fingerprint density at radius 1 is 1.14 bits per heavy atom. The van der Waals surface area contributed by atoms with Crippen LogP contribution in [0.1, 0.15) is 29.2 Å². The van der Waals surface area contributed by atoms with Crippen molar-refractivity contribution >= 4 is 5.91 Å². The molecule has 0 radical (unpaired) electrons. The number of rotatable bonds is 8. The van der Waals surface area contributed by atoms with Crippen molar-refractivity contribution in [2.45, 2.75) is 25.4 Å². The first kappa shape index (κ1) is 19.2. The molecule has 1 heterocycles. The SMILES string of the molecule is C=CCN(Cc1cccn1Cc1cccc(F)c1)C(=O)C1CC1c1ccccc1. The van der Waals surface area contributed by atoms with Crippen molar-refractivity contribution in [3.8, 4) is 0 Å². The maximum atomic E-state index is 13.5. The highest BCUT2D eigenvalue weighted by atomic mass is 19.1. The second-order valence-corrected chi connectivity index (χ2v) is 7.62. The zero-order valence-corrected chi connectivity index (χ0v) is 16.4. The molecule has 29 heavy (non-hydrogen) atoms. The van der Waals surface area contributed by atoms with E-state index in [1.165, 1.54) is 11.6 Å². The average molecular weight is 388 g/mol. The summed E-state index contributed by atoms with van der Waals surface area (Å²) in [5.74, 6) is 0.302. The van der Waals surface area contributed by atoms with E-state index in [2.05, 4.69) is 23.3 Å². The van der Waals surface area contributed by atoms with E-state index in [0.717, 1.165) is 17.7 Å². The molecule has 3 aromatic rings. The van der Waals surface area contributed by atoms with Gasteiger partial charge in [-0.2, -0.15) is 0 Å². The van der Waals surface area contributed by atoms with Crippen molar-refractivity contribution in [3.05, 3.63) is 108 Å². The molecule has 1 aliphatic carbocycles. The number of aromatic nitrogens is 1. The maximum Gasteiger partial charge on any atom is 0.226 e. The molecule has 4 rings (SSSR count). The van der Waals surface area contributed by atoms with E-state index in [4.69, 9.17) is 0 Å². The van der Waals surface area contributed by atoms with E-state index in [9.17, 15) is 9.18 Å². The molecule has 0 bridgehead atoms. The molecule has 0 N–H and O–H groups in total. The largest absolute Gasteiger partial charge is 0.345 e. The highest BCUT2D eigenvalue weighted by molar-refractivity contribution is 5.83. The average Bonchev–Trinajstić information content (AvgIpc) is 3.42. The van der Waals surface area contributed by atoms with Crippen LogP contribution in [-0.4, -0.2) is 21.9 Å². The van der Waals surface area contributed by atoms with Gasteiger partial charge in [0.25, 0.3) is 0 Å². The van der Waals surface area contributed by atoms with Crippen molar-refractivity contribution in [2.24, 2.45) is 5.92 Å². The van der Waals surface area contributed by atoms with Crippen LogP contribution in [0, 0.1) is 11.7 Å². The Bertz CT molecular complexity index is 995. The number of nitrogens with zero attached hydrogens (tertiary/aromatic N) is 2. The molecule has 0 saturated heterocycles. The molecule has 1 fully saturated rings. The minimum atomic E-state index is -0.236. The van der Waals surface area contributed by atoms with Crippen LogP contribution in [0.2, 0.25) is 0 Å². The molecule has 1 aromatic heterocycles. The van der Waals surface area contributed by atoms with E-state index in [-0.39, 0.29) is 17.6 Å². The summed E-state index contributed by atoms with van der Waals surface area (Å²) in [6.45, 7) is 5.44. The summed E-state index contributed by atoms with van der Waals surface area (Å²) in [4.78, 5) is 15.0. The summed E-state index contributed by atoms with van der Waals surface area (Å²) in [7, 11) is 0. The van der Waals surface area contributed by atoms with Gasteiger partial charge in [-0.3, -0.25) is 4.79 Å². The molecule has 1 aliphatic rings. The molecular formula is C25H25FN2O. The highest BCUT2D eigenvalue weighted by Crippen LogP contribution is 2.48. The topological polar surface area (TPSA) is 25.2 Å². The van der Waals surface area contributed by atoms with Gasteiger partial charge in [0, 0.05) is 30.9 Å². The van der Waals surface area contributed by atoms with Crippen LogP contribution in [0.15, 0.2) is 85.6 Å². The number of halogens is 1. The molecule has 0 aliphatic heterocycles. The Kier molecular flexibility index (Phi) is 5.61. The van der Waals surface area contributed by atoms with Crippen LogP contribution < -0.4 is 0 Å². The van der Waals surface area contributed by atoms with Gasteiger partial charge in [-0.25, -0.2) is 4.39 Å². The molecule has 1 saturated carbocycles. The smallest absolute Gasteiger partial charge is 0.226 e. The summed E-state index contributed by atoms with van der Waals surface area (Å²) in [6, 6.07) is 20.9. The van der Waals surface area contributed by atoms with Gasteiger partial charge in [0.15, 0.2) is 0 Å². The van der Waals surface area contributed by atoms with Crippen LogP contribution in [0.5, 0.6) is 0 Å². The van der Waals surface area contributed by atoms with Gasteiger partial charge in [-0.05, 0) is 47.7 Å². The lowest BCUT2D eigenvalue weighted by molar-refractivity contribution is -0.132. The van der Waals surface area contributed by atoms with Crippen molar-refractivity contribution in [3.63, 3.8) is 0 Å². The lowest BCUT2D eigenvalue weighted by Crippen LogP contribution is -2.33. The van der Waals surface area contributed by atoms with E-state index in [1.807, 2.05) is 47.5 Å². The molecule has 1 amide bonds. The van der Waals surface area contributed by atoms with Crippen LogP contribution in [0.25, 0.3) is 0 Å². The second-order valence-electron chi connectivity index (χ2n) is 7.62. The third kappa shape index (κ3) is 4.48. The molecule has 4 heteroatoms. The fourth-order valence-electron chi connectivity index (χ4n) is 3.93. The first-order chi connectivity index (χ1) is 14.2. The Balaban J connectivity index is 1.46. The second kappa shape index (κ2) is 8.48. The number of hydrogen-bond donors (Lipinski definition) is 0. The van der Waals surface area contributed by atoms with E-state index in [0.29, 0.717) is 25.6 Å². The van der Waals surface area contributed by atoms with Crippen molar-refractivity contribution < 1.29 is 9.18 Å². The summed E-state index contributed by atoms with van der Waals surface area (Å²) in [5, 5.41) is 0. The Labute approximate surface area is 171 Å². The van der Waals surface area contributed by atoms with Gasteiger partial charge in [0.05, 0.1) is 6.54 Å². The number of benzene rings is 2. The lowest BCUT2D eigenvalue weighted by Gasteiger charge is -2.22. The van der Waals surface area contributed by atoms with Crippen molar-refractivity contribution in [2.75, 3.05) is 6.54 Å². The van der Waals surface area contributed by atoms with Gasteiger partial charge >= 0.3 is 0 Å². The third-order valence-corrected chi connectivity index (χ3v) is 5.51. The quantitative estimate of drug-likeness (QED) is 0.499. The summed E-state index contributed by atoms with van der Waals surface area (Å²) >= 11 is 0. The number of amides is 1. The first-order valence-corrected chi connectivity index (χ1v) is 9.99. The lowest BCUT2D eigenvalue weighted by atomic mass is 10.1. The molecular weight excluding hydrogens is 363 g/mol. The van der Waals surface area contributed by atoms with Crippen molar-refractivity contribution in [1.29, 1.82) is 0 Å². The van der Waals surface area contributed by atoms with Crippen LogP contribution in [0.4, 0.5) is 4.39 Å². The van der Waals surface area contributed by atoms with Gasteiger partial charge in [0.1, 0.15) is 5.82 Å². The molecule has 2 aromatic carbocycles. The van der Waals surface area contributed by atoms with E-state index < -0.39 is 0 Å². The number of carbonyl (C=O) groups excluding carboxylic acids is 1. The maximum absolute atomic E-state index is 13.5. The van der Waals surface area contributed by atoms with Gasteiger partial charge in [-0.15, -0.1) is 6.58 Å². The summed E-state index contributed by atoms with van der Waals surface area (Å²) in [6.07, 6.45) is 4.65. The molecule has 2 unspecified atom stereocenters. The van der Waals surface area contributed by atoms with E-state index >= 15 is 0 Å². The normalized spacial score (nSPS) is 17.7. The minimum Gasteiger partial charge on any atom is -0.345 e. The zero-order chi connectivity index (χ0) is 20.2. The summed E-state index contributed by atoms with van der Waals surface area (Å²) < 4.78 is 15.6. The monoisotopic (exact) mass is 388 g/mol. The molecule has 148 valence electrons. The first-order valence-electron chi connectivity index (χ1n) is 9.99. The van der Waals surface area contributed by atoms with E-state index in [1.54, 1.807) is 18.2 Å². The summed E-state index contributed by atoms with van der Waals surface area (Å²) in [5.41, 5.74) is 3.16. The van der Waals surface area contributed by atoms with Gasteiger partial charge in [0.2, 0.25) is 5.91 Å². The van der Waals surface area contributed by atoms with Crippen molar-refractivity contribution in [1.82, 2.24) is 9.47 Å². The Hall–Kier alpha value is -3.14. The molecule has 3 nitrogen and oxygen atoms in total. The third-order valence-electron chi connectivity index (χ3n) is 5.51. The van der Waals surface area contributed by atoms with Crippen LogP contribution >= 0.6 is 0 Å². The highest BCUT2D eigenvalue weighted by Gasteiger charge is 2.45. The fraction of sp³-hybridized carbons (Fsp3) is 0.240. The fourth-order valence-corrected chi connectivity index (χ4v) is 3.93. The number of carbonyl (C=O) groups is 1. The Morgan fingerprint density at radius 3 is 2.72 bits per heavy atom. The Morgan fingerprint density at radius 2 is 1.97 bits per heavy atom. The zero-order valence-electron chi connectivity index (χ0n) is 16.4. The predicted octanol–water partition coefficient (Wildman–Crippen LogP) is 4.99. The van der Waals surface area contributed by atoms with Gasteiger partial charge < -0.3 is 9.47 Å². The number of hydrogen-bond acceptors (Lipinski definition) is 1. The van der Waals surface area contributed by atoms with Crippen LogP contribution in [-0.2, 0) is 17.9 Å². The van der Waals surface area contributed by atoms with Gasteiger partial charge in [-0.1, -0.05) is 48.5 Å². The standard InChI is InChI=1S/C25H25FN2O/c1-2-13-28(25(29)24-16-23(24)20-9-4-3-5-10-20)18-22-12-7-14-27(22)17-19-8-6-11-21(26)15-19/h2-12,14-15,23-24H,1,13,16-18H2. The minimum absolute atomic E-state index is 0.0454.